The summed E-state index contributed by atoms with van der Waals surface area (Å²) in [5.74, 6) is 0.481. The third kappa shape index (κ3) is 1.69. The van der Waals surface area contributed by atoms with Crippen LogP contribution in [0.1, 0.15) is 20.3 Å². The van der Waals surface area contributed by atoms with E-state index in [-0.39, 0.29) is 11.6 Å². The molecule has 1 fully saturated rings. The molecule has 0 aromatic heterocycles. The smallest absolute Gasteiger partial charge is 0.188 e. The lowest BCUT2D eigenvalue weighted by Crippen LogP contribution is -2.53. The highest BCUT2D eigenvalue weighted by Gasteiger charge is 2.37. The maximum atomic E-state index is 5.58. The Morgan fingerprint density at radius 3 is 2.83 bits per heavy atom. The lowest BCUT2D eigenvalue weighted by molar-refractivity contribution is 0.0947. The normalized spacial score (nSPS) is 36.9. The molecule has 4 nitrogen and oxygen atoms in total. The molecule has 0 radical (unpaired) electrons. The Kier molecular flexibility index (Phi) is 2.57. The van der Waals surface area contributed by atoms with Crippen molar-refractivity contribution in [1.82, 2.24) is 5.32 Å². The molecule has 1 saturated heterocycles. The van der Waals surface area contributed by atoms with Gasteiger partial charge in [-0.15, -0.1) is 0 Å². The average molecular weight is 171 g/mol. The van der Waals surface area contributed by atoms with E-state index in [4.69, 9.17) is 10.5 Å². The molecule has 0 amide bonds. The van der Waals surface area contributed by atoms with E-state index in [0.717, 1.165) is 13.0 Å². The molecule has 70 valence electrons. The molecular formula is C8H17N3O. The topological polar surface area (TPSA) is 59.6 Å². The Hall–Kier alpha value is -0.770. The Morgan fingerprint density at radius 2 is 2.42 bits per heavy atom. The molecule has 0 bridgehead atoms. The molecule has 0 aromatic carbocycles. The monoisotopic (exact) mass is 171 g/mol. The van der Waals surface area contributed by atoms with Crippen molar-refractivity contribution in [1.29, 1.82) is 0 Å². The van der Waals surface area contributed by atoms with Gasteiger partial charge >= 0.3 is 0 Å². The van der Waals surface area contributed by atoms with Gasteiger partial charge in [-0.2, -0.15) is 0 Å². The number of nitrogens with zero attached hydrogens (tertiary/aromatic N) is 1. The van der Waals surface area contributed by atoms with Crippen molar-refractivity contribution in [2.45, 2.75) is 31.9 Å². The maximum absolute atomic E-state index is 5.58. The SMILES string of the molecule is CN=C(N)NC1(C)CCOC1C. The van der Waals surface area contributed by atoms with E-state index in [1.54, 1.807) is 7.05 Å². The van der Waals surface area contributed by atoms with Gasteiger partial charge in [0.15, 0.2) is 5.96 Å². The minimum atomic E-state index is -0.0520. The van der Waals surface area contributed by atoms with E-state index in [1.807, 2.05) is 6.92 Å². The molecular weight excluding hydrogens is 154 g/mol. The van der Waals surface area contributed by atoms with Gasteiger partial charge in [0.25, 0.3) is 0 Å². The summed E-state index contributed by atoms with van der Waals surface area (Å²) in [6, 6.07) is 0. The fourth-order valence-electron chi connectivity index (χ4n) is 1.35. The maximum Gasteiger partial charge on any atom is 0.188 e. The standard InChI is InChI=1S/C8H17N3O/c1-6-8(2,4-5-12-6)11-7(9)10-3/h6H,4-5H2,1-3H3,(H3,9,10,11). The lowest BCUT2D eigenvalue weighted by Gasteiger charge is -2.29. The van der Waals surface area contributed by atoms with Gasteiger partial charge in [-0.1, -0.05) is 0 Å². The molecule has 4 heteroatoms. The Morgan fingerprint density at radius 1 is 1.75 bits per heavy atom. The first-order valence-corrected chi connectivity index (χ1v) is 4.20. The molecule has 0 aromatic rings. The third-order valence-corrected chi connectivity index (χ3v) is 2.54. The van der Waals surface area contributed by atoms with E-state index in [0.29, 0.717) is 5.96 Å². The van der Waals surface area contributed by atoms with Crippen molar-refractivity contribution in [3.63, 3.8) is 0 Å². The van der Waals surface area contributed by atoms with Crippen molar-refractivity contribution in [2.75, 3.05) is 13.7 Å². The number of guanidine groups is 1. The number of rotatable bonds is 1. The first-order chi connectivity index (χ1) is 5.58. The molecule has 0 saturated carbocycles. The summed E-state index contributed by atoms with van der Waals surface area (Å²) >= 11 is 0. The van der Waals surface area contributed by atoms with Crippen LogP contribution in [0.25, 0.3) is 0 Å². The molecule has 2 atom stereocenters. The first-order valence-electron chi connectivity index (χ1n) is 4.20. The van der Waals surface area contributed by atoms with Crippen LogP contribution < -0.4 is 11.1 Å². The molecule has 12 heavy (non-hydrogen) atoms. The molecule has 3 N–H and O–H groups in total. The highest BCUT2D eigenvalue weighted by atomic mass is 16.5. The summed E-state index contributed by atoms with van der Waals surface area (Å²) in [6.07, 6.45) is 1.17. The van der Waals surface area contributed by atoms with Gasteiger partial charge in [-0.05, 0) is 20.3 Å². The van der Waals surface area contributed by atoms with Crippen LogP contribution in [0.3, 0.4) is 0 Å². The number of nitrogens with one attached hydrogen (secondary N) is 1. The molecule has 2 unspecified atom stereocenters. The second-order valence-electron chi connectivity index (χ2n) is 3.41. The summed E-state index contributed by atoms with van der Waals surface area (Å²) in [5, 5.41) is 3.16. The van der Waals surface area contributed by atoms with Crippen LogP contribution in [0.5, 0.6) is 0 Å². The number of nitrogens with two attached hydrogens (primary N) is 1. The van der Waals surface area contributed by atoms with Gasteiger partial charge in [-0.25, -0.2) is 0 Å². The molecule has 0 aliphatic carbocycles. The summed E-state index contributed by atoms with van der Waals surface area (Å²) in [5.41, 5.74) is 5.53. The third-order valence-electron chi connectivity index (χ3n) is 2.54. The first kappa shape index (κ1) is 9.32. The largest absolute Gasteiger partial charge is 0.376 e. The average Bonchev–Trinajstić information content (AvgIpc) is 2.32. The van der Waals surface area contributed by atoms with Gasteiger partial charge < -0.3 is 15.8 Å². The Bertz CT molecular complexity index is 193. The van der Waals surface area contributed by atoms with Crippen LogP contribution in [0.15, 0.2) is 4.99 Å². The van der Waals surface area contributed by atoms with Crippen LogP contribution in [0.4, 0.5) is 0 Å². The zero-order chi connectivity index (χ0) is 9.19. The van der Waals surface area contributed by atoms with E-state index < -0.39 is 0 Å². The van der Waals surface area contributed by atoms with Crippen molar-refractivity contribution < 1.29 is 4.74 Å². The summed E-state index contributed by atoms with van der Waals surface area (Å²) in [6.45, 7) is 4.94. The molecule has 1 aliphatic rings. The highest BCUT2D eigenvalue weighted by Crippen LogP contribution is 2.24. The van der Waals surface area contributed by atoms with Crippen LogP contribution in [0, 0.1) is 0 Å². The van der Waals surface area contributed by atoms with Crippen LogP contribution in [-0.2, 0) is 4.74 Å². The van der Waals surface area contributed by atoms with Crippen LogP contribution in [0.2, 0.25) is 0 Å². The van der Waals surface area contributed by atoms with Gasteiger partial charge in [0, 0.05) is 13.7 Å². The second-order valence-corrected chi connectivity index (χ2v) is 3.41. The second kappa shape index (κ2) is 3.31. The molecule has 0 spiro atoms. The minimum Gasteiger partial charge on any atom is -0.376 e. The fourth-order valence-corrected chi connectivity index (χ4v) is 1.35. The van der Waals surface area contributed by atoms with Crippen molar-refractivity contribution >= 4 is 5.96 Å². The highest BCUT2D eigenvalue weighted by molar-refractivity contribution is 5.78. The quantitative estimate of drug-likeness (QED) is 0.434. The zero-order valence-corrected chi connectivity index (χ0v) is 7.92. The van der Waals surface area contributed by atoms with Gasteiger partial charge in [0.1, 0.15) is 0 Å². The van der Waals surface area contributed by atoms with E-state index in [9.17, 15) is 0 Å². The fraction of sp³-hybridized carbons (Fsp3) is 0.875. The minimum absolute atomic E-state index is 0.0520. The number of aliphatic imine (C=N–C) groups is 1. The van der Waals surface area contributed by atoms with Crippen LogP contribution in [-0.4, -0.2) is 31.3 Å². The van der Waals surface area contributed by atoms with Crippen molar-refractivity contribution in [3.8, 4) is 0 Å². The lowest BCUT2D eigenvalue weighted by atomic mass is 9.95. The van der Waals surface area contributed by atoms with E-state index >= 15 is 0 Å². The molecule has 1 aliphatic heterocycles. The summed E-state index contributed by atoms with van der Waals surface area (Å²) in [4.78, 5) is 3.86. The Balaban J connectivity index is 2.59. The van der Waals surface area contributed by atoms with Crippen molar-refractivity contribution in [2.24, 2.45) is 10.7 Å². The Labute approximate surface area is 73.2 Å². The van der Waals surface area contributed by atoms with Gasteiger partial charge in [0.05, 0.1) is 11.6 Å². The van der Waals surface area contributed by atoms with Crippen molar-refractivity contribution in [3.05, 3.63) is 0 Å². The summed E-state index contributed by atoms with van der Waals surface area (Å²) in [7, 11) is 1.67. The number of hydrogen-bond acceptors (Lipinski definition) is 2. The predicted molar refractivity (Wildman–Crippen MR) is 49.1 cm³/mol. The predicted octanol–water partition coefficient (Wildman–Crippen LogP) is 0.0880. The van der Waals surface area contributed by atoms with Crippen LogP contribution >= 0.6 is 0 Å². The number of ether oxygens (including phenoxy) is 1. The number of hydrogen-bond donors (Lipinski definition) is 2. The van der Waals surface area contributed by atoms with Gasteiger partial charge in [-0.3, -0.25) is 4.99 Å². The summed E-state index contributed by atoms with van der Waals surface area (Å²) < 4.78 is 5.44. The van der Waals surface area contributed by atoms with Gasteiger partial charge in [0.2, 0.25) is 0 Å². The molecule has 1 heterocycles. The molecule has 1 rings (SSSR count). The zero-order valence-electron chi connectivity index (χ0n) is 7.92. The van der Waals surface area contributed by atoms with E-state index in [2.05, 4.69) is 17.2 Å². The van der Waals surface area contributed by atoms with E-state index in [1.165, 1.54) is 0 Å².